The molecule has 0 radical (unpaired) electrons. The van der Waals surface area contributed by atoms with Crippen LogP contribution in [0.3, 0.4) is 0 Å². The van der Waals surface area contributed by atoms with Crippen molar-refractivity contribution < 1.29 is 13.2 Å². The van der Waals surface area contributed by atoms with E-state index in [1.54, 1.807) is 29.5 Å². The number of nitrogens with two attached hydrogens (primary N) is 1. The number of halogens is 4. The summed E-state index contributed by atoms with van der Waals surface area (Å²) < 4.78 is 38.2. The first-order valence-electron chi connectivity index (χ1n) is 3.47. The van der Waals surface area contributed by atoms with E-state index in [1.165, 1.54) is 4.68 Å². The number of hydrogen-bond donors (Lipinski definition) is 1. The lowest BCUT2D eigenvalue weighted by molar-refractivity contribution is -0.140. The Labute approximate surface area is 86.2 Å². The number of aryl methyl sites for hydroxylation is 1. The van der Waals surface area contributed by atoms with Gasteiger partial charge in [-0.25, -0.2) is 0 Å². The van der Waals surface area contributed by atoms with Crippen LogP contribution in [0.25, 0.3) is 0 Å². The van der Waals surface area contributed by atoms with Crippen molar-refractivity contribution in [2.45, 2.75) is 19.6 Å². The zero-order chi connectivity index (χ0) is 10.2. The molecule has 1 aromatic heterocycles. The van der Waals surface area contributed by atoms with Gasteiger partial charge in [-0.05, 0) is 29.5 Å². The maximum Gasteiger partial charge on any atom is 0.437 e. The van der Waals surface area contributed by atoms with E-state index in [4.69, 9.17) is 5.73 Å². The fourth-order valence-electron chi connectivity index (χ4n) is 0.874. The maximum atomic E-state index is 12.2. The predicted molar refractivity (Wildman–Crippen MR) is 50.0 cm³/mol. The minimum Gasteiger partial charge on any atom is -0.395 e. The Hall–Kier alpha value is -0.470. The Morgan fingerprint density at radius 1 is 1.54 bits per heavy atom. The molecule has 0 saturated heterocycles. The lowest BCUT2D eigenvalue weighted by Crippen LogP contribution is -2.09. The van der Waals surface area contributed by atoms with E-state index in [-0.39, 0.29) is 5.69 Å². The molecule has 0 atom stereocenters. The first-order chi connectivity index (χ1) is 5.88. The average molecular weight is 305 g/mol. The molecule has 0 spiro atoms. The second-order valence-electron chi connectivity index (χ2n) is 2.37. The summed E-state index contributed by atoms with van der Waals surface area (Å²) in [4.78, 5) is 0. The lowest BCUT2D eigenvalue weighted by atomic mass is 10.4. The van der Waals surface area contributed by atoms with Crippen LogP contribution < -0.4 is 5.73 Å². The molecule has 0 aromatic carbocycles. The Morgan fingerprint density at radius 3 is 2.31 bits per heavy atom. The van der Waals surface area contributed by atoms with E-state index in [0.29, 0.717) is 10.2 Å². The van der Waals surface area contributed by atoms with Crippen molar-refractivity contribution in [2.75, 3.05) is 5.73 Å². The molecular weight excluding hydrogens is 298 g/mol. The van der Waals surface area contributed by atoms with E-state index < -0.39 is 11.9 Å². The predicted octanol–water partition coefficient (Wildman–Crippen LogP) is 2.11. The fraction of sp³-hybridized carbons (Fsp3) is 0.500. The van der Waals surface area contributed by atoms with E-state index in [9.17, 15) is 13.2 Å². The van der Waals surface area contributed by atoms with Crippen LogP contribution >= 0.6 is 22.6 Å². The highest BCUT2D eigenvalue weighted by molar-refractivity contribution is 14.1. The van der Waals surface area contributed by atoms with Crippen molar-refractivity contribution in [1.82, 2.24) is 9.78 Å². The van der Waals surface area contributed by atoms with E-state index in [2.05, 4.69) is 5.10 Å². The molecule has 0 aliphatic rings. The number of aromatic nitrogens is 2. The van der Waals surface area contributed by atoms with Crippen LogP contribution in [-0.4, -0.2) is 9.78 Å². The molecule has 0 bridgehead atoms. The van der Waals surface area contributed by atoms with Crippen molar-refractivity contribution in [2.24, 2.45) is 0 Å². The van der Waals surface area contributed by atoms with Gasteiger partial charge in [0.15, 0.2) is 5.69 Å². The SMILES string of the molecule is CCn1nc(C(F)(F)F)c(N)c1I. The zero-order valence-corrected chi connectivity index (χ0v) is 8.85. The minimum atomic E-state index is -4.47. The minimum absolute atomic E-state index is 0.296. The molecule has 2 N–H and O–H groups in total. The van der Waals surface area contributed by atoms with Gasteiger partial charge in [-0.3, -0.25) is 4.68 Å². The molecule has 1 heterocycles. The summed E-state index contributed by atoms with van der Waals surface area (Å²) >= 11 is 1.74. The maximum absolute atomic E-state index is 12.2. The van der Waals surface area contributed by atoms with Crippen LogP contribution in [-0.2, 0) is 12.7 Å². The number of anilines is 1. The van der Waals surface area contributed by atoms with Gasteiger partial charge >= 0.3 is 6.18 Å². The molecular formula is C6H7F3IN3. The summed E-state index contributed by atoms with van der Waals surface area (Å²) in [7, 11) is 0. The van der Waals surface area contributed by atoms with Crippen LogP contribution in [0.2, 0.25) is 0 Å². The van der Waals surface area contributed by atoms with Gasteiger partial charge in [0.05, 0.1) is 5.69 Å². The fourth-order valence-corrected chi connectivity index (χ4v) is 1.58. The molecule has 3 nitrogen and oxygen atoms in total. The highest BCUT2D eigenvalue weighted by atomic mass is 127. The summed E-state index contributed by atoms with van der Waals surface area (Å²) in [6.07, 6.45) is -4.47. The van der Waals surface area contributed by atoms with Crippen molar-refractivity contribution in [3.8, 4) is 0 Å². The molecule has 7 heteroatoms. The van der Waals surface area contributed by atoms with Crippen molar-refractivity contribution in [3.63, 3.8) is 0 Å². The van der Waals surface area contributed by atoms with E-state index >= 15 is 0 Å². The molecule has 0 aliphatic carbocycles. The number of rotatable bonds is 1. The number of nitrogen functional groups attached to an aromatic ring is 1. The lowest BCUT2D eigenvalue weighted by Gasteiger charge is -2.01. The van der Waals surface area contributed by atoms with Crippen molar-refractivity contribution in [3.05, 3.63) is 9.39 Å². The first-order valence-corrected chi connectivity index (χ1v) is 4.54. The van der Waals surface area contributed by atoms with Gasteiger partial charge in [-0.1, -0.05) is 0 Å². The van der Waals surface area contributed by atoms with Gasteiger partial charge in [-0.2, -0.15) is 18.3 Å². The van der Waals surface area contributed by atoms with Crippen LogP contribution in [0, 0.1) is 3.70 Å². The Balaban J connectivity index is 3.25. The van der Waals surface area contributed by atoms with Gasteiger partial charge in [-0.15, -0.1) is 0 Å². The normalized spacial score (nSPS) is 12.1. The zero-order valence-electron chi connectivity index (χ0n) is 6.69. The number of alkyl halides is 3. The largest absolute Gasteiger partial charge is 0.437 e. The smallest absolute Gasteiger partial charge is 0.395 e. The van der Waals surface area contributed by atoms with Gasteiger partial charge in [0, 0.05) is 6.54 Å². The summed E-state index contributed by atoms with van der Waals surface area (Å²) in [6.45, 7) is 2.08. The average Bonchev–Trinajstić information content (AvgIpc) is 2.28. The molecule has 0 unspecified atom stereocenters. The summed E-state index contributed by atoms with van der Waals surface area (Å²) in [5.74, 6) is 0. The monoisotopic (exact) mass is 305 g/mol. The molecule has 13 heavy (non-hydrogen) atoms. The summed E-state index contributed by atoms with van der Waals surface area (Å²) in [5.41, 5.74) is 3.96. The van der Waals surface area contributed by atoms with E-state index in [1.807, 2.05) is 0 Å². The molecule has 74 valence electrons. The van der Waals surface area contributed by atoms with Gasteiger partial charge < -0.3 is 5.73 Å². The van der Waals surface area contributed by atoms with Crippen molar-refractivity contribution >= 4 is 28.3 Å². The third-order valence-electron chi connectivity index (χ3n) is 1.49. The Morgan fingerprint density at radius 2 is 2.08 bits per heavy atom. The Bertz CT molecular complexity index is 318. The quantitative estimate of drug-likeness (QED) is 0.808. The molecule has 0 amide bonds. The van der Waals surface area contributed by atoms with Gasteiger partial charge in [0.2, 0.25) is 0 Å². The van der Waals surface area contributed by atoms with Crippen LogP contribution in [0.4, 0.5) is 18.9 Å². The molecule has 0 saturated carbocycles. The van der Waals surface area contributed by atoms with Crippen LogP contribution in [0.15, 0.2) is 0 Å². The summed E-state index contributed by atoms with van der Waals surface area (Å²) in [5, 5.41) is 3.36. The van der Waals surface area contributed by atoms with E-state index in [0.717, 1.165) is 0 Å². The first kappa shape index (κ1) is 10.6. The van der Waals surface area contributed by atoms with Crippen LogP contribution in [0.5, 0.6) is 0 Å². The Kier molecular flexibility index (Phi) is 2.74. The third kappa shape index (κ3) is 1.89. The van der Waals surface area contributed by atoms with Gasteiger partial charge in [0.1, 0.15) is 3.70 Å². The number of nitrogens with zero attached hydrogens (tertiary/aromatic N) is 2. The highest BCUT2D eigenvalue weighted by Gasteiger charge is 2.37. The number of hydrogen-bond acceptors (Lipinski definition) is 2. The molecule has 1 aromatic rings. The topological polar surface area (TPSA) is 43.8 Å². The third-order valence-corrected chi connectivity index (χ3v) is 2.63. The van der Waals surface area contributed by atoms with Gasteiger partial charge in [0.25, 0.3) is 0 Å². The second-order valence-corrected chi connectivity index (χ2v) is 3.39. The standard InChI is InChI=1S/C6H7F3IN3/c1-2-13-5(10)3(11)4(12-13)6(7,8)9/h2,11H2,1H3. The summed E-state index contributed by atoms with van der Waals surface area (Å²) in [6, 6.07) is 0. The van der Waals surface area contributed by atoms with Crippen LogP contribution in [0.1, 0.15) is 12.6 Å². The molecule has 0 fully saturated rings. The molecule has 1 rings (SSSR count). The molecule has 0 aliphatic heterocycles. The second kappa shape index (κ2) is 3.35. The van der Waals surface area contributed by atoms with Crippen molar-refractivity contribution in [1.29, 1.82) is 0 Å². The highest BCUT2D eigenvalue weighted by Crippen LogP contribution is 2.34.